The van der Waals surface area contributed by atoms with Crippen molar-refractivity contribution in [3.8, 4) is 34.1 Å². The Bertz CT molecular complexity index is 2700. The molecule has 53 heavy (non-hydrogen) atoms. The van der Waals surface area contributed by atoms with Crippen molar-refractivity contribution in [1.29, 1.82) is 0 Å². The van der Waals surface area contributed by atoms with Crippen LogP contribution in [0.15, 0.2) is 194 Å². The lowest BCUT2D eigenvalue weighted by Gasteiger charge is -2.37. The minimum absolute atomic E-state index is 0.331. The SMILES string of the molecule is c1ccc([Si](c2ccccc2)(c2ccccc2)c2ccc3c(c2)OB2c4cccc(-n5c6ccccc6c6ccccc65)c4Oc4cccc-3c42)cc1. The quantitative estimate of drug-likeness (QED) is 0.138. The zero-order valence-electron chi connectivity index (χ0n) is 28.8. The van der Waals surface area contributed by atoms with E-state index in [9.17, 15) is 0 Å². The fraction of sp³-hybridized carbons (Fsp3) is 0. The minimum atomic E-state index is -2.76. The van der Waals surface area contributed by atoms with Crippen molar-refractivity contribution in [2.45, 2.75) is 0 Å². The fourth-order valence-corrected chi connectivity index (χ4v) is 13.8. The summed E-state index contributed by atoms with van der Waals surface area (Å²) in [7, 11) is -2.76. The van der Waals surface area contributed by atoms with E-state index < -0.39 is 8.07 Å². The van der Waals surface area contributed by atoms with Crippen LogP contribution in [0.3, 0.4) is 0 Å². The van der Waals surface area contributed by atoms with Crippen LogP contribution in [0.4, 0.5) is 0 Å². The molecule has 0 amide bonds. The fourth-order valence-electron chi connectivity index (χ4n) is 9.01. The molecule has 0 bridgehead atoms. The van der Waals surface area contributed by atoms with E-state index in [1.807, 2.05) is 0 Å². The molecule has 0 N–H and O–H groups in total. The van der Waals surface area contributed by atoms with Crippen LogP contribution in [0.2, 0.25) is 0 Å². The maximum atomic E-state index is 7.29. The summed E-state index contributed by atoms with van der Waals surface area (Å²) in [4.78, 5) is 0. The number of benzene rings is 8. The van der Waals surface area contributed by atoms with E-state index in [-0.39, 0.29) is 6.92 Å². The molecule has 0 radical (unpaired) electrons. The molecule has 2 aliphatic rings. The number of fused-ring (bicyclic) bond motifs is 7. The highest BCUT2D eigenvalue weighted by Gasteiger charge is 2.45. The van der Waals surface area contributed by atoms with Crippen molar-refractivity contribution >= 4 is 68.5 Å². The van der Waals surface area contributed by atoms with Crippen LogP contribution in [0.1, 0.15) is 0 Å². The number of hydrogen-bond donors (Lipinski definition) is 0. The second-order valence-electron chi connectivity index (χ2n) is 13.9. The number of aromatic nitrogens is 1. The second-order valence-corrected chi connectivity index (χ2v) is 17.8. The minimum Gasteiger partial charge on any atom is -0.551 e. The van der Waals surface area contributed by atoms with Crippen LogP contribution in [-0.2, 0) is 0 Å². The number of hydrogen-bond acceptors (Lipinski definition) is 2. The predicted octanol–water partition coefficient (Wildman–Crippen LogP) is 7.43. The molecule has 0 saturated heterocycles. The van der Waals surface area contributed by atoms with E-state index in [2.05, 4.69) is 199 Å². The van der Waals surface area contributed by atoms with Gasteiger partial charge < -0.3 is 14.0 Å². The van der Waals surface area contributed by atoms with E-state index in [1.165, 1.54) is 31.5 Å². The van der Waals surface area contributed by atoms with Crippen LogP contribution in [-0.4, -0.2) is 19.6 Å². The Kier molecular flexibility index (Phi) is 6.67. The van der Waals surface area contributed by atoms with Crippen LogP contribution in [0.5, 0.6) is 17.2 Å². The third-order valence-corrected chi connectivity index (χ3v) is 16.0. The molecule has 2 aliphatic heterocycles. The van der Waals surface area contributed by atoms with E-state index in [4.69, 9.17) is 9.39 Å². The molecule has 5 heteroatoms. The van der Waals surface area contributed by atoms with Gasteiger partial charge in [-0.05, 0) is 56.6 Å². The van der Waals surface area contributed by atoms with Gasteiger partial charge in [-0.15, -0.1) is 0 Å². The first-order valence-electron chi connectivity index (χ1n) is 18.2. The molecule has 0 fully saturated rings. The Morgan fingerprint density at radius 3 is 1.62 bits per heavy atom. The first kappa shape index (κ1) is 30.1. The molecule has 248 valence electrons. The molecular weight excluding hydrogens is 661 g/mol. The number of para-hydroxylation sites is 3. The van der Waals surface area contributed by atoms with Gasteiger partial charge in [-0.2, -0.15) is 0 Å². The van der Waals surface area contributed by atoms with Crippen molar-refractivity contribution in [2.75, 3.05) is 0 Å². The van der Waals surface area contributed by atoms with E-state index in [1.54, 1.807) is 0 Å². The topological polar surface area (TPSA) is 23.4 Å². The summed E-state index contributed by atoms with van der Waals surface area (Å²) in [5.74, 6) is 2.56. The molecular formula is C48H32BNO2Si. The Balaban J connectivity index is 1.13. The summed E-state index contributed by atoms with van der Waals surface area (Å²) >= 11 is 0. The smallest absolute Gasteiger partial charge is 0.434 e. The highest BCUT2D eigenvalue weighted by Crippen LogP contribution is 2.42. The molecule has 0 unspecified atom stereocenters. The predicted molar refractivity (Wildman–Crippen MR) is 222 cm³/mol. The molecule has 8 aromatic carbocycles. The van der Waals surface area contributed by atoms with Crippen molar-refractivity contribution in [3.63, 3.8) is 0 Å². The molecule has 1 aromatic heterocycles. The second kappa shape index (κ2) is 11.7. The molecule has 0 spiro atoms. The van der Waals surface area contributed by atoms with Gasteiger partial charge in [-0.3, -0.25) is 0 Å². The van der Waals surface area contributed by atoms with Gasteiger partial charge in [0.2, 0.25) is 0 Å². The van der Waals surface area contributed by atoms with Gasteiger partial charge >= 0.3 is 6.92 Å². The monoisotopic (exact) mass is 693 g/mol. The highest BCUT2D eigenvalue weighted by molar-refractivity contribution is 7.20. The number of nitrogens with zero attached hydrogens (tertiary/aromatic N) is 1. The summed E-state index contributed by atoms with van der Waals surface area (Å²) in [5, 5.41) is 7.73. The molecule has 0 saturated carbocycles. The number of rotatable bonds is 5. The first-order valence-corrected chi connectivity index (χ1v) is 20.2. The highest BCUT2D eigenvalue weighted by atomic mass is 28.3. The molecule has 3 heterocycles. The van der Waals surface area contributed by atoms with Gasteiger partial charge in [0.1, 0.15) is 17.2 Å². The third kappa shape index (κ3) is 4.35. The van der Waals surface area contributed by atoms with Gasteiger partial charge in [0.25, 0.3) is 0 Å². The molecule has 11 rings (SSSR count). The summed E-state index contributed by atoms with van der Waals surface area (Å²) in [5.41, 5.74) is 7.64. The van der Waals surface area contributed by atoms with Crippen molar-refractivity contribution in [3.05, 3.63) is 194 Å². The Morgan fingerprint density at radius 1 is 0.434 bits per heavy atom. The van der Waals surface area contributed by atoms with Crippen LogP contribution in [0, 0.1) is 0 Å². The van der Waals surface area contributed by atoms with Gasteiger partial charge in [-0.25, -0.2) is 0 Å². The maximum absolute atomic E-state index is 7.29. The first-order chi connectivity index (χ1) is 26.3. The summed E-state index contributed by atoms with van der Waals surface area (Å²) in [6.07, 6.45) is 0. The van der Waals surface area contributed by atoms with Crippen LogP contribution < -0.4 is 41.1 Å². The normalized spacial score (nSPS) is 12.8. The van der Waals surface area contributed by atoms with Crippen LogP contribution >= 0.6 is 0 Å². The summed E-state index contributed by atoms with van der Waals surface area (Å²) in [6, 6.07) is 70.3. The van der Waals surface area contributed by atoms with E-state index in [0.29, 0.717) is 0 Å². The third-order valence-electron chi connectivity index (χ3n) is 11.2. The Morgan fingerprint density at radius 2 is 1.00 bits per heavy atom. The maximum Gasteiger partial charge on any atom is 0.434 e. The summed E-state index contributed by atoms with van der Waals surface area (Å²) in [6.45, 7) is -0.331. The van der Waals surface area contributed by atoms with Crippen molar-refractivity contribution < 1.29 is 9.39 Å². The standard InChI is InChI=1S/C48H32BNO2Si/c1-4-16-33(17-5-1)53(34-18-6-2-7-19-34,35-20-8-3-9-21-35)36-30-31-39-40-24-14-29-45-47(40)49(52-46(39)32-36)41-25-15-28-44(48(41)51-45)50-42-26-12-10-22-37(42)38-23-11-13-27-43(38)50/h1-32H. The number of ether oxygens (including phenoxy) is 1. The lowest BCUT2D eigenvalue weighted by Crippen LogP contribution is -2.74. The van der Waals surface area contributed by atoms with E-state index >= 15 is 0 Å². The van der Waals surface area contributed by atoms with Gasteiger partial charge in [0.05, 0.1) is 16.7 Å². The van der Waals surface area contributed by atoms with Crippen molar-refractivity contribution in [1.82, 2.24) is 4.57 Å². The van der Waals surface area contributed by atoms with Gasteiger partial charge in [0, 0.05) is 27.3 Å². The zero-order chi connectivity index (χ0) is 34.9. The zero-order valence-corrected chi connectivity index (χ0v) is 29.8. The average Bonchev–Trinajstić information content (AvgIpc) is 3.56. The van der Waals surface area contributed by atoms with Crippen LogP contribution in [0.25, 0.3) is 38.6 Å². The lowest BCUT2D eigenvalue weighted by atomic mass is 9.51. The van der Waals surface area contributed by atoms with E-state index in [0.717, 1.165) is 56.0 Å². The van der Waals surface area contributed by atoms with Crippen molar-refractivity contribution in [2.24, 2.45) is 0 Å². The summed E-state index contributed by atoms with van der Waals surface area (Å²) < 4.78 is 16.6. The molecule has 3 nitrogen and oxygen atoms in total. The molecule has 9 aromatic rings. The lowest BCUT2D eigenvalue weighted by molar-refractivity contribution is 0.477. The van der Waals surface area contributed by atoms with Gasteiger partial charge in [0.15, 0.2) is 8.07 Å². The Hall–Kier alpha value is -6.56. The average molecular weight is 694 g/mol. The Labute approximate surface area is 309 Å². The molecule has 0 atom stereocenters. The largest absolute Gasteiger partial charge is 0.551 e. The van der Waals surface area contributed by atoms with Gasteiger partial charge in [-0.1, -0.05) is 164 Å². The molecule has 0 aliphatic carbocycles.